The second kappa shape index (κ2) is 5.77. The van der Waals surface area contributed by atoms with Crippen molar-refractivity contribution in [2.24, 2.45) is 0 Å². The number of carboxylic acids is 1. The van der Waals surface area contributed by atoms with Crippen LogP contribution in [0.4, 0.5) is 0 Å². The zero-order valence-corrected chi connectivity index (χ0v) is 12.3. The SMILES string of the molecule is CCC(C(=O)O)N(C)S(=O)(=O)c1cncc(Br)c1. The van der Waals surface area contributed by atoms with Crippen LogP contribution < -0.4 is 0 Å². The molecule has 0 saturated heterocycles. The van der Waals surface area contributed by atoms with Crippen LogP contribution in [0.25, 0.3) is 0 Å². The standard InChI is InChI=1S/C10H13BrN2O4S/c1-3-9(10(14)15)13(2)18(16,17)8-4-7(11)5-12-6-8/h4-6,9H,3H2,1-2H3,(H,14,15). The van der Waals surface area contributed by atoms with Crippen molar-refractivity contribution in [2.75, 3.05) is 7.05 Å². The van der Waals surface area contributed by atoms with E-state index in [0.29, 0.717) is 4.47 Å². The van der Waals surface area contributed by atoms with Gasteiger partial charge in [-0.1, -0.05) is 6.92 Å². The number of carbonyl (C=O) groups is 1. The number of nitrogens with zero attached hydrogens (tertiary/aromatic N) is 2. The lowest BCUT2D eigenvalue weighted by molar-refractivity contribution is -0.141. The van der Waals surface area contributed by atoms with Gasteiger partial charge in [0.2, 0.25) is 10.0 Å². The van der Waals surface area contributed by atoms with Gasteiger partial charge in [0.15, 0.2) is 0 Å². The second-order valence-electron chi connectivity index (χ2n) is 3.62. The van der Waals surface area contributed by atoms with Crippen LogP contribution in [0.5, 0.6) is 0 Å². The Morgan fingerprint density at radius 3 is 2.61 bits per heavy atom. The van der Waals surface area contributed by atoms with Gasteiger partial charge in [0.1, 0.15) is 10.9 Å². The van der Waals surface area contributed by atoms with Crippen molar-refractivity contribution in [3.63, 3.8) is 0 Å². The van der Waals surface area contributed by atoms with Crippen LogP contribution in [0.2, 0.25) is 0 Å². The lowest BCUT2D eigenvalue weighted by Gasteiger charge is -2.22. The van der Waals surface area contributed by atoms with Crippen LogP contribution >= 0.6 is 15.9 Å². The number of aliphatic carboxylic acids is 1. The molecule has 8 heteroatoms. The van der Waals surface area contributed by atoms with Gasteiger partial charge < -0.3 is 5.11 Å². The largest absolute Gasteiger partial charge is 0.480 e. The first-order chi connectivity index (χ1) is 8.30. The number of halogens is 1. The summed E-state index contributed by atoms with van der Waals surface area (Å²) in [7, 11) is -2.61. The van der Waals surface area contributed by atoms with E-state index in [1.165, 1.54) is 25.5 Å². The van der Waals surface area contributed by atoms with Crippen LogP contribution in [0.3, 0.4) is 0 Å². The highest BCUT2D eigenvalue weighted by Gasteiger charge is 2.31. The molecule has 0 bridgehead atoms. The van der Waals surface area contributed by atoms with Crippen molar-refractivity contribution in [2.45, 2.75) is 24.3 Å². The molecular formula is C10H13BrN2O4S. The molecule has 18 heavy (non-hydrogen) atoms. The topological polar surface area (TPSA) is 87.6 Å². The first-order valence-corrected chi connectivity index (χ1v) is 7.35. The van der Waals surface area contributed by atoms with E-state index in [-0.39, 0.29) is 11.3 Å². The molecule has 1 rings (SSSR count). The van der Waals surface area contributed by atoms with Crippen molar-refractivity contribution in [3.8, 4) is 0 Å². The van der Waals surface area contributed by atoms with Gasteiger partial charge in [-0.15, -0.1) is 0 Å². The minimum atomic E-state index is -3.86. The normalized spacial score (nSPS) is 13.6. The maximum Gasteiger partial charge on any atom is 0.321 e. The zero-order valence-electron chi connectivity index (χ0n) is 9.87. The minimum absolute atomic E-state index is 0.0425. The van der Waals surface area contributed by atoms with Gasteiger partial charge in [-0.05, 0) is 28.4 Å². The van der Waals surface area contributed by atoms with Gasteiger partial charge in [-0.2, -0.15) is 4.31 Å². The number of rotatable bonds is 5. The predicted molar refractivity (Wildman–Crippen MR) is 68.6 cm³/mol. The number of carboxylic acid groups (broad SMARTS) is 1. The average molecular weight is 337 g/mol. The molecule has 0 amide bonds. The lowest BCUT2D eigenvalue weighted by atomic mass is 10.2. The van der Waals surface area contributed by atoms with E-state index in [9.17, 15) is 13.2 Å². The summed E-state index contributed by atoms with van der Waals surface area (Å²) < 4.78 is 25.7. The van der Waals surface area contributed by atoms with Crippen LogP contribution in [0.15, 0.2) is 27.8 Å². The van der Waals surface area contributed by atoms with Gasteiger partial charge in [-0.3, -0.25) is 9.78 Å². The van der Waals surface area contributed by atoms with Crippen LogP contribution in [-0.4, -0.2) is 41.9 Å². The number of likely N-dealkylation sites (N-methyl/N-ethyl adjacent to an activating group) is 1. The summed E-state index contributed by atoms with van der Waals surface area (Å²) in [5.41, 5.74) is 0. The third kappa shape index (κ3) is 3.06. The summed E-state index contributed by atoms with van der Waals surface area (Å²) in [4.78, 5) is 14.7. The van der Waals surface area contributed by atoms with E-state index in [1.807, 2.05) is 0 Å². The van der Waals surface area contributed by atoms with Crippen LogP contribution in [-0.2, 0) is 14.8 Å². The van der Waals surface area contributed by atoms with Crippen LogP contribution in [0.1, 0.15) is 13.3 Å². The second-order valence-corrected chi connectivity index (χ2v) is 6.54. The molecule has 1 aromatic heterocycles. The molecule has 1 unspecified atom stereocenters. The van der Waals surface area contributed by atoms with E-state index in [1.54, 1.807) is 6.92 Å². The maximum atomic E-state index is 12.2. The van der Waals surface area contributed by atoms with Crippen molar-refractivity contribution in [1.29, 1.82) is 0 Å². The number of pyridine rings is 1. The third-order valence-electron chi connectivity index (χ3n) is 2.47. The quantitative estimate of drug-likeness (QED) is 0.876. The fourth-order valence-electron chi connectivity index (χ4n) is 1.45. The molecule has 0 radical (unpaired) electrons. The number of hydrogen-bond acceptors (Lipinski definition) is 4. The number of hydrogen-bond donors (Lipinski definition) is 1. The molecule has 0 fully saturated rings. The molecule has 1 heterocycles. The Hall–Kier alpha value is -0.990. The molecule has 100 valence electrons. The molecule has 1 N–H and O–H groups in total. The van der Waals surface area contributed by atoms with Crippen molar-refractivity contribution in [1.82, 2.24) is 9.29 Å². The van der Waals surface area contributed by atoms with Gasteiger partial charge in [0, 0.05) is 23.9 Å². The van der Waals surface area contributed by atoms with Gasteiger partial charge in [0.05, 0.1) is 0 Å². The van der Waals surface area contributed by atoms with E-state index in [4.69, 9.17) is 5.11 Å². The van der Waals surface area contributed by atoms with Gasteiger partial charge in [-0.25, -0.2) is 8.42 Å². The van der Waals surface area contributed by atoms with Gasteiger partial charge >= 0.3 is 5.97 Å². The highest BCUT2D eigenvalue weighted by atomic mass is 79.9. The molecule has 0 aromatic carbocycles. The Kier molecular flexibility index (Phi) is 4.83. The van der Waals surface area contributed by atoms with Crippen molar-refractivity contribution < 1.29 is 18.3 Å². The first-order valence-electron chi connectivity index (χ1n) is 5.12. The fourth-order valence-corrected chi connectivity index (χ4v) is 3.35. The van der Waals surface area contributed by atoms with Crippen molar-refractivity contribution in [3.05, 3.63) is 22.9 Å². The summed E-state index contributed by atoms with van der Waals surface area (Å²) in [5, 5.41) is 8.98. The highest BCUT2D eigenvalue weighted by Crippen LogP contribution is 2.20. The smallest absolute Gasteiger partial charge is 0.321 e. The van der Waals surface area contributed by atoms with Crippen LogP contribution in [0, 0.1) is 0 Å². The summed E-state index contributed by atoms with van der Waals surface area (Å²) in [6.45, 7) is 1.62. The predicted octanol–water partition coefficient (Wildman–Crippen LogP) is 1.33. The zero-order chi connectivity index (χ0) is 13.9. The minimum Gasteiger partial charge on any atom is -0.480 e. The Labute approximate surface area is 114 Å². The molecule has 0 aliphatic carbocycles. The van der Waals surface area contributed by atoms with E-state index in [0.717, 1.165) is 4.31 Å². The Bertz CT molecular complexity index is 547. The summed E-state index contributed by atoms with van der Waals surface area (Å²) >= 11 is 3.12. The lowest BCUT2D eigenvalue weighted by Crippen LogP contribution is -2.41. The summed E-state index contributed by atoms with van der Waals surface area (Å²) in [5.74, 6) is -1.17. The number of sulfonamides is 1. The Morgan fingerprint density at radius 1 is 1.56 bits per heavy atom. The van der Waals surface area contributed by atoms with Crippen molar-refractivity contribution >= 4 is 31.9 Å². The fraction of sp³-hybridized carbons (Fsp3) is 0.400. The maximum absolute atomic E-state index is 12.2. The summed E-state index contributed by atoms with van der Waals surface area (Å²) in [6, 6.07) is 0.293. The Morgan fingerprint density at radius 2 is 2.17 bits per heavy atom. The average Bonchev–Trinajstić information content (AvgIpc) is 2.29. The molecule has 0 saturated carbocycles. The Balaban J connectivity index is 3.18. The van der Waals surface area contributed by atoms with E-state index in [2.05, 4.69) is 20.9 Å². The molecule has 0 aliphatic heterocycles. The molecule has 1 atom stereocenters. The first kappa shape index (κ1) is 15.1. The summed E-state index contributed by atoms with van der Waals surface area (Å²) in [6.07, 6.45) is 2.82. The molecule has 1 aromatic rings. The molecule has 0 spiro atoms. The number of aromatic nitrogens is 1. The molecular weight excluding hydrogens is 324 g/mol. The van der Waals surface area contributed by atoms with E-state index >= 15 is 0 Å². The third-order valence-corrected chi connectivity index (χ3v) is 4.73. The van der Waals surface area contributed by atoms with Gasteiger partial charge in [0.25, 0.3) is 0 Å². The highest BCUT2D eigenvalue weighted by molar-refractivity contribution is 9.10. The monoisotopic (exact) mass is 336 g/mol. The van der Waals surface area contributed by atoms with E-state index < -0.39 is 22.0 Å². The molecule has 6 nitrogen and oxygen atoms in total. The molecule has 0 aliphatic rings.